The number of halogens is 2. The van der Waals surface area contributed by atoms with Crippen molar-refractivity contribution in [2.75, 3.05) is 0 Å². The van der Waals surface area contributed by atoms with E-state index >= 15 is 0 Å². The van der Waals surface area contributed by atoms with Gasteiger partial charge in [0.1, 0.15) is 0 Å². The van der Waals surface area contributed by atoms with Gasteiger partial charge in [-0.05, 0) is 18.2 Å². The van der Waals surface area contributed by atoms with Gasteiger partial charge in [-0.2, -0.15) is 0 Å². The van der Waals surface area contributed by atoms with Crippen LogP contribution in [0.25, 0.3) is 0 Å². The fraction of sp³-hybridized carbons (Fsp3) is 0.750. The Morgan fingerprint density at radius 2 is 2.08 bits per heavy atom. The highest BCUT2D eigenvalue weighted by Gasteiger charge is 2.32. The molecule has 0 aromatic carbocycles. The molecule has 0 radical (unpaired) electrons. The molecular weight excluding hydrogens is 240 g/mol. The first-order valence-corrected chi connectivity index (χ1v) is 6.76. The standard InChI is InChI=1S/C4H10Cl2N3OPS/c1-2-4(5,6)3(10)9-11(7,8)12/h2H2,1H3,(H5,7,8,9,10,12). The molecule has 0 fully saturated rings. The van der Waals surface area contributed by atoms with E-state index in [2.05, 4.69) is 16.9 Å². The van der Waals surface area contributed by atoms with E-state index in [0.717, 1.165) is 0 Å². The van der Waals surface area contributed by atoms with Crippen LogP contribution in [0.15, 0.2) is 0 Å². The molecule has 0 aromatic rings. The second kappa shape index (κ2) is 4.22. The van der Waals surface area contributed by atoms with Crippen LogP contribution >= 0.6 is 29.7 Å². The molecule has 0 atom stereocenters. The Morgan fingerprint density at radius 1 is 1.67 bits per heavy atom. The van der Waals surface area contributed by atoms with Gasteiger partial charge in [-0.1, -0.05) is 30.1 Å². The monoisotopic (exact) mass is 249 g/mol. The van der Waals surface area contributed by atoms with Gasteiger partial charge in [0, 0.05) is 0 Å². The minimum atomic E-state index is -2.77. The van der Waals surface area contributed by atoms with E-state index in [0.29, 0.717) is 0 Å². The van der Waals surface area contributed by atoms with Crippen LogP contribution in [0.3, 0.4) is 0 Å². The van der Waals surface area contributed by atoms with Crippen LogP contribution in [0.4, 0.5) is 0 Å². The molecule has 0 aliphatic rings. The lowest BCUT2D eigenvalue weighted by Gasteiger charge is -2.19. The topological polar surface area (TPSA) is 81.1 Å². The zero-order chi connectivity index (χ0) is 9.99. The third kappa shape index (κ3) is 4.60. The maximum absolute atomic E-state index is 11.1. The normalized spacial score (nSPS) is 12.8. The van der Waals surface area contributed by atoms with Crippen LogP contribution in [-0.2, 0) is 16.6 Å². The van der Waals surface area contributed by atoms with Crippen molar-refractivity contribution in [3.8, 4) is 0 Å². The smallest absolute Gasteiger partial charge is 0.261 e. The molecule has 72 valence electrons. The second-order valence-corrected chi connectivity index (χ2v) is 7.15. The van der Waals surface area contributed by atoms with Crippen molar-refractivity contribution < 1.29 is 4.79 Å². The summed E-state index contributed by atoms with van der Waals surface area (Å²) in [5.41, 5.74) is 10.5. The summed E-state index contributed by atoms with van der Waals surface area (Å²) < 4.78 is -1.50. The van der Waals surface area contributed by atoms with Gasteiger partial charge in [0.05, 0.1) is 0 Å². The number of hydrogen-bond acceptors (Lipinski definition) is 2. The maximum atomic E-state index is 11.1. The molecule has 0 saturated heterocycles. The van der Waals surface area contributed by atoms with Crippen LogP contribution in [0.1, 0.15) is 13.3 Å². The van der Waals surface area contributed by atoms with Gasteiger partial charge in [-0.25, -0.2) is 0 Å². The lowest BCUT2D eigenvalue weighted by Crippen LogP contribution is -2.39. The third-order valence-corrected chi connectivity index (χ3v) is 2.76. The number of nitrogens with two attached hydrogens (primary N) is 2. The van der Waals surface area contributed by atoms with E-state index in [9.17, 15) is 4.79 Å². The summed E-state index contributed by atoms with van der Waals surface area (Å²) in [7, 11) is 0. The number of nitrogens with one attached hydrogen (secondary N) is 1. The van der Waals surface area contributed by atoms with Crippen LogP contribution in [0.5, 0.6) is 0 Å². The van der Waals surface area contributed by atoms with Gasteiger partial charge in [0.25, 0.3) is 5.91 Å². The Balaban J connectivity index is 4.34. The fourth-order valence-corrected chi connectivity index (χ4v) is 1.38. The quantitative estimate of drug-likeness (QED) is 0.511. The predicted octanol–water partition coefficient (Wildman–Crippen LogP) is 0.828. The minimum Gasteiger partial charge on any atom is -0.303 e. The van der Waals surface area contributed by atoms with Crippen molar-refractivity contribution in [3.05, 3.63) is 0 Å². The SMILES string of the molecule is CCC(Cl)(Cl)C(=O)NP(N)(N)=S. The molecule has 0 bridgehead atoms. The number of amides is 1. The van der Waals surface area contributed by atoms with E-state index in [4.69, 9.17) is 34.2 Å². The number of carbonyl (C=O) groups excluding carboxylic acids is 1. The van der Waals surface area contributed by atoms with Crippen LogP contribution in [0.2, 0.25) is 0 Å². The van der Waals surface area contributed by atoms with Crippen molar-refractivity contribution in [3.63, 3.8) is 0 Å². The first-order valence-electron chi connectivity index (χ1n) is 3.07. The highest BCUT2D eigenvalue weighted by atomic mass is 35.5. The minimum absolute atomic E-state index is 0.261. The molecule has 0 aliphatic heterocycles. The van der Waals surface area contributed by atoms with Crippen molar-refractivity contribution in [2.24, 2.45) is 11.0 Å². The predicted molar refractivity (Wildman–Crippen MR) is 55.5 cm³/mol. The van der Waals surface area contributed by atoms with Crippen molar-refractivity contribution in [2.45, 2.75) is 17.7 Å². The van der Waals surface area contributed by atoms with Crippen molar-refractivity contribution in [1.82, 2.24) is 5.09 Å². The molecule has 0 saturated carbocycles. The number of carbonyl (C=O) groups is 1. The molecule has 4 nitrogen and oxygen atoms in total. The molecule has 0 spiro atoms. The number of alkyl halides is 2. The number of hydrogen-bond donors (Lipinski definition) is 3. The molecule has 0 aliphatic carbocycles. The van der Waals surface area contributed by atoms with Crippen molar-refractivity contribution in [1.29, 1.82) is 0 Å². The molecule has 0 aromatic heterocycles. The summed E-state index contributed by atoms with van der Waals surface area (Å²) in [4.78, 5) is 11.1. The molecule has 0 unspecified atom stereocenters. The molecule has 0 heterocycles. The van der Waals surface area contributed by atoms with Gasteiger partial charge in [0.15, 0.2) is 10.8 Å². The first kappa shape index (κ1) is 12.6. The van der Waals surface area contributed by atoms with Crippen LogP contribution in [0, 0.1) is 0 Å². The van der Waals surface area contributed by atoms with E-state index in [1.165, 1.54) is 0 Å². The Morgan fingerprint density at radius 3 is 2.33 bits per heavy atom. The average Bonchev–Trinajstić information content (AvgIpc) is 1.84. The Kier molecular flexibility index (Phi) is 4.44. The molecule has 12 heavy (non-hydrogen) atoms. The van der Waals surface area contributed by atoms with E-state index in [-0.39, 0.29) is 6.42 Å². The highest BCUT2D eigenvalue weighted by molar-refractivity contribution is 8.11. The lowest BCUT2D eigenvalue weighted by molar-refractivity contribution is -0.120. The molecular formula is C4H10Cl2N3OPS. The Bertz CT molecular complexity index is 228. The lowest BCUT2D eigenvalue weighted by atomic mass is 10.3. The van der Waals surface area contributed by atoms with Crippen LogP contribution < -0.4 is 16.1 Å². The summed E-state index contributed by atoms with van der Waals surface area (Å²) in [6.07, 6.45) is 0.261. The molecule has 5 N–H and O–H groups in total. The molecule has 1 amide bonds. The maximum Gasteiger partial charge on any atom is 0.261 e. The van der Waals surface area contributed by atoms with Crippen LogP contribution in [-0.4, -0.2) is 10.2 Å². The average molecular weight is 250 g/mol. The Labute approximate surface area is 86.1 Å². The number of rotatable bonds is 3. The molecule has 0 rings (SSSR count). The van der Waals surface area contributed by atoms with Gasteiger partial charge >= 0.3 is 0 Å². The fourth-order valence-electron chi connectivity index (χ4n) is 0.401. The van der Waals surface area contributed by atoms with E-state index in [1.807, 2.05) is 0 Å². The van der Waals surface area contributed by atoms with Gasteiger partial charge in [-0.15, -0.1) is 0 Å². The second-order valence-electron chi connectivity index (χ2n) is 2.21. The Hall–Kier alpha value is 0.620. The van der Waals surface area contributed by atoms with Gasteiger partial charge in [-0.3, -0.25) is 15.8 Å². The molecule has 8 heteroatoms. The summed E-state index contributed by atoms with van der Waals surface area (Å²) in [5.74, 6) is -0.637. The van der Waals surface area contributed by atoms with Crippen molar-refractivity contribution >= 4 is 47.4 Å². The van der Waals surface area contributed by atoms with Gasteiger partial charge < -0.3 is 5.09 Å². The van der Waals surface area contributed by atoms with Gasteiger partial charge in [0.2, 0.25) is 0 Å². The largest absolute Gasteiger partial charge is 0.303 e. The summed E-state index contributed by atoms with van der Waals surface area (Å²) in [5, 5.41) is 2.19. The highest BCUT2D eigenvalue weighted by Crippen LogP contribution is 2.29. The van der Waals surface area contributed by atoms with E-state index < -0.39 is 16.7 Å². The zero-order valence-corrected chi connectivity index (χ0v) is 9.60. The van der Waals surface area contributed by atoms with E-state index in [1.54, 1.807) is 6.92 Å². The first-order chi connectivity index (χ1) is 5.19. The summed E-state index contributed by atoms with van der Waals surface area (Å²) >= 11 is 15.8. The summed E-state index contributed by atoms with van der Waals surface area (Å²) in [6, 6.07) is 0. The summed E-state index contributed by atoms with van der Waals surface area (Å²) in [6.45, 7) is -1.10. The zero-order valence-electron chi connectivity index (χ0n) is 6.38. The third-order valence-electron chi connectivity index (χ3n) is 1.05.